The molecular weight excluding hydrogens is 553 g/mol. The molecule has 214 valence electrons. The number of benzene rings is 1. The van der Waals surface area contributed by atoms with Crippen LogP contribution in [0.5, 0.6) is 5.75 Å². The molecule has 0 spiro atoms. The van der Waals surface area contributed by atoms with Gasteiger partial charge in [-0.3, -0.25) is 9.78 Å². The van der Waals surface area contributed by atoms with Crippen molar-refractivity contribution in [2.24, 2.45) is 0 Å². The van der Waals surface area contributed by atoms with Crippen molar-refractivity contribution in [3.63, 3.8) is 0 Å². The Morgan fingerprint density at radius 2 is 1.80 bits per heavy atom. The van der Waals surface area contributed by atoms with Crippen LogP contribution in [0.1, 0.15) is 54.9 Å². The first-order valence-electron chi connectivity index (χ1n) is 13.2. The van der Waals surface area contributed by atoms with E-state index in [2.05, 4.69) is 61.3 Å². The van der Waals surface area contributed by atoms with Crippen LogP contribution in [-0.2, 0) is 10.2 Å². The largest absolute Gasteiger partial charge is 0.491 e. The zero-order valence-electron chi connectivity index (χ0n) is 24.5. The number of rotatable bonds is 10. The van der Waals surface area contributed by atoms with E-state index in [0.29, 0.717) is 40.0 Å². The van der Waals surface area contributed by atoms with Gasteiger partial charge in [-0.2, -0.15) is 10.5 Å². The van der Waals surface area contributed by atoms with Crippen molar-refractivity contribution < 1.29 is 14.0 Å². The lowest BCUT2D eigenvalue weighted by molar-refractivity contribution is 0.0958. The maximum Gasteiger partial charge on any atom is 0.269 e. The van der Waals surface area contributed by atoms with E-state index in [4.69, 9.17) is 14.9 Å². The first kappa shape index (κ1) is 31.6. The second-order valence-electron chi connectivity index (χ2n) is 11.1. The van der Waals surface area contributed by atoms with Crippen molar-refractivity contribution >= 4 is 31.8 Å². The molecule has 0 radical (unpaired) electrons. The molecule has 3 aromatic rings. The molecule has 1 aromatic carbocycles. The van der Waals surface area contributed by atoms with Gasteiger partial charge in [-0.05, 0) is 60.4 Å². The van der Waals surface area contributed by atoms with Gasteiger partial charge in [0.25, 0.3) is 5.91 Å². The Labute approximate surface area is 247 Å². The lowest BCUT2D eigenvalue weighted by Gasteiger charge is -2.38. The van der Waals surface area contributed by atoms with Gasteiger partial charge in [0.2, 0.25) is 0 Å². The zero-order valence-corrected chi connectivity index (χ0v) is 26.3. The number of nitrogens with one attached hydrogen (secondary N) is 1. The van der Waals surface area contributed by atoms with E-state index in [1.165, 1.54) is 11.8 Å². The Morgan fingerprint density at radius 3 is 2.39 bits per heavy atom. The normalized spacial score (nSPS) is 12.2. The van der Waals surface area contributed by atoms with E-state index >= 15 is 0 Å². The predicted octanol–water partition coefficient (Wildman–Crippen LogP) is 5.91. The molecule has 0 aliphatic carbocycles. The first-order chi connectivity index (χ1) is 19.3. The number of ether oxygens (including phenoxy) is 1. The molecule has 41 heavy (non-hydrogen) atoms. The molecule has 0 saturated carbocycles. The summed E-state index contributed by atoms with van der Waals surface area (Å²) >= 11 is 1.30. The van der Waals surface area contributed by atoms with Gasteiger partial charge >= 0.3 is 0 Å². The molecule has 1 atom stereocenters. The van der Waals surface area contributed by atoms with E-state index in [0.717, 1.165) is 5.56 Å². The number of anilines is 1. The van der Waals surface area contributed by atoms with E-state index in [1.54, 1.807) is 49.6 Å². The minimum absolute atomic E-state index is 0.0432. The Hall–Kier alpha value is -3.90. The Bertz CT molecular complexity index is 1490. The molecule has 0 bridgehead atoms. The third-order valence-corrected chi connectivity index (χ3v) is 12.7. The molecule has 11 heteroatoms. The summed E-state index contributed by atoms with van der Waals surface area (Å²) in [5.41, 5.74) is 8.77. The number of aromatic nitrogens is 2. The molecule has 1 amide bonds. The summed E-state index contributed by atoms with van der Waals surface area (Å²) in [4.78, 5) is 20.4. The van der Waals surface area contributed by atoms with Crippen LogP contribution in [0.4, 0.5) is 5.82 Å². The number of hydrogen-bond donors (Lipinski definition) is 2. The number of pyridine rings is 2. The molecule has 2 aromatic heterocycles. The van der Waals surface area contributed by atoms with E-state index in [1.807, 2.05) is 6.92 Å². The molecule has 0 fully saturated rings. The predicted molar refractivity (Wildman–Crippen MR) is 164 cm³/mol. The molecule has 2 heterocycles. The van der Waals surface area contributed by atoms with Gasteiger partial charge in [0, 0.05) is 24.6 Å². The summed E-state index contributed by atoms with van der Waals surface area (Å²) in [7, 11) is -0.370. The van der Waals surface area contributed by atoms with Gasteiger partial charge in [-0.15, -0.1) is 11.8 Å². The summed E-state index contributed by atoms with van der Waals surface area (Å²) in [6, 6.07) is 15.0. The summed E-state index contributed by atoms with van der Waals surface area (Å²) in [6.07, 6.45) is 1.49. The van der Waals surface area contributed by atoms with Gasteiger partial charge < -0.3 is 20.2 Å². The molecule has 3 rings (SSSR count). The fraction of sp³-hybridized carbons (Fsp3) is 0.367. The Morgan fingerprint density at radius 1 is 1.15 bits per heavy atom. The number of hydrogen-bond acceptors (Lipinski definition) is 9. The Kier molecular flexibility index (Phi) is 10.2. The van der Waals surface area contributed by atoms with E-state index < -0.39 is 8.32 Å². The summed E-state index contributed by atoms with van der Waals surface area (Å²) < 4.78 is 12.4. The smallest absolute Gasteiger partial charge is 0.269 e. The third-order valence-electron chi connectivity index (χ3n) is 7.00. The summed E-state index contributed by atoms with van der Waals surface area (Å²) in [5, 5.41) is 23.0. The van der Waals surface area contributed by atoms with Crippen LogP contribution in [0.3, 0.4) is 0 Å². The molecule has 0 aliphatic heterocycles. The maximum atomic E-state index is 11.9. The highest BCUT2D eigenvalue weighted by Crippen LogP contribution is 2.38. The first-order valence-corrected chi connectivity index (χ1v) is 17.0. The Balaban J connectivity index is 1.83. The summed E-state index contributed by atoms with van der Waals surface area (Å²) in [5.74, 6) is 0.822. The molecule has 0 aliphatic rings. The number of amides is 1. The fourth-order valence-corrected chi connectivity index (χ4v) is 6.17. The van der Waals surface area contributed by atoms with Crippen LogP contribution in [0.2, 0.25) is 18.1 Å². The van der Waals surface area contributed by atoms with Crippen LogP contribution in [0, 0.1) is 22.7 Å². The molecular formula is C30H36N6O3SSi. The van der Waals surface area contributed by atoms with Crippen LogP contribution >= 0.6 is 11.8 Å². The van der Waals surface area contributed by atoms with Crippen LogP contribution < -0.4 is 15.8 Å². The minimum atomic E-state index is -1.91. The number of nitrogen functional groups attached to an aromatic ring is 1. The van der Waals surface area contributed by atoms with Crippen LogP contribution in [0.25, 0.3) is 11.1 Å². The van der Waals surface area contributed by atoms with E-state index in [-0.39, 0.29) is 34.0 Å². The SMILES string of the molecule is CNC(=O)c1cc(CSc2nc(N)c(C#N)c(-c3ccc(OC[C@H](C)O[Si](C)(C)C(C)(C)C)cc3)c2C#N)ccn1. The molecule has 9 nitrogen and oxygen atoms in total. The number of nitriles is 2. The molecule has 0 unspecified atom stereocenters. The summed E-state index contributed by atoms with van der Waals surface area (Å²) in [6.45, 7) is 13.4. The highest BCUT2D eigenvalue weighted by molar-refractivity contribution is 7.98. The number of carbonyl (C=O) groups is 1. The van der Waals surface area contributed by atoms with Crippen LogP contribution in [-0.4, -0.2) is 44.0 Å². The highest BCUT2D eigenvalue weighted by Gasteiger charge is 2.38. The van der Waals surface area contributed by atoms with Gasteiger partial charge in [-0.1, -0.05) is 32.9 Å². The van der Waals surface area contributed by atoms with Crippen molar-refractivity contribution in [3.8, 4) is 29.0 Å². The standard InChI is InChI=1S/C30H36N6O3SSi/c1-19(39-41(6,7)30(2,3)4)17-38-22-10-8-21(9-11-22)26-23(15-31)27(33)36-29(24(26)16-32)40-18-20-12-13-35-25(14-20)28(37)34-5/h8-14,19H,17-18H2,1-7H3,(H2,33,36)(H,34,37)/t19-/m0/s1. The second-order valence-corrected chi connectivity index (χ2v) is 16.8. The minimum Gasteiger partial charge on any atom is -0.491 e. The third kappa shape index (κ3) is 7.64. The lowest BCUT2D eigenvalue weighted by Crippen LogP contribution is -2.44. The van der Waals surface area contributed by atoms with Gasteiger partial charge in [0.15, 0.2) is 8.32 Å². The van der Waals surface area contributed by atoms with Gasteiger partial charge in [0.05, 0.1) is 11.7 Å². The molecule has 0 saturated heterocycles. The van der Waals surface area contributed by atoms with Crippen molar-refractivity contribution in [3.05, 3.63) is 65.0 Å². The second kappa shape index (κ2) is 13.2. The quantitative estimate of drug-likeness (QED) is 0.218. The fourth-order valence-electron chi connectivity index (χ4n) is 3.80. The zero-order chi connectivity index (χ0) is 30.4. The number of nitrogens with zero attached hydrogens (tertiary/aromatic N) is 4. The topological polar surface area (TPSA) is 147 Å². The van der Waals surface area contributed by atoms with Crippen molar-refractivity contribution in [2.45, 2.75) is 62.7 Å². The average molecular weight is 589 g/mol. The van der Waals surface area contributed by atoms with E-state index in [9.17, 15) is 15.3 Å². The average Bonchev–Trinajstić information content (AvgIpc) is 2.93. The van der Waals surface area contributed by atoms with Gasteiger partial charge in [0.1, 0.15) is 46.6 Å². The number of thioether (sulfide) groups is 1. The monoisotopic (exact) mass is 588 g/mol. The van der Waals surface area contributed by atoms with Crippen molar-refractivity contribution in [2.75, 3.05) is 19.4 Å². The lowest BCUT2D eigenvalue weighted by atomic mass is 9.97. The van der Waals surface area contributed by atoms with Crippen molar-refractivity contribution in [1.29, 1.82) is 10.5 Å². The number of carbonyl (C=O) groups excluding carboxylic acids is 1. The van der Waals surface area contributed by atoms with Crippen LogP contribution in [0.15, 0.2) is 47.6 Å². The van der Waals surface area contributed by atoms with Crippen molar-refractivity contribution in [1.82, 2.24) is 15.3 Å². The van der Waals surface area contributed by atoms with Gasteiger partial charge in [-0.25, -0.2) is 4.98 Å². The maximum absolute atomic E-state index is 11.9. The highest BCUT2D eigenvalue weighted by atomic mass is 32.2. The molecule has 3 N–H and O–H groups in total. The number of nitrogens with two attached hydrogens (primary N) is 1.